The number of rotatable bonds is 2. The van der Waals surface area contributed by atoms with Crippen LogP contribution < -0.4 is 0 Å². The Morgan fingerprint density at radius 2 is 1.90 bits per heavy atom. The molecule has 1 nitrogen and oxygen atoms in total. The first-order valence-electron chi connectivity index (χ1n) is 3.33. The highest BCUT2D eigenvalue weighted by Gasteiger charge is 2.00. The monoisotopic (exact) mass is 135 g/mol. The predicted molar refractivity (Wildman–Crippen MR) is 41.6 cm³/mol. The van der Waals surface area contributed by atoms with Crippen LogP contribution in [0.3, 0.4) is 0 Å². The van der Waals surface area contributed by atoms with Gasteiger partial charge in [-0.25, -0.2) is 0 Å². The van der Waals surface area contributed by atoms with Crippen molar-refractivity contribution in [1.82, 2.24) is 0 Å². The van der Waals surface area contributed by atoms with Crippen molar-refractivity contribution in [2.75, 3.05) is 6.61 Å². The maximum Gasteiger partial charge on any atom is 0.0499 e. The van der Waals surface area contributed by atoms with Crippen molar-refractivity contribution in [3.8, 4) is 0 Å². The molecule has 0 saturated heterocycles. The van der Waals surface area contributed by atoms with Gasteiger partial charge in [-0.2, -0.15) is 0 Å². The molecule has 0 saturated carbocycles. The van der Waals surface area contributed by atoms with E-state index in [2.05, 4.69) is 6.92 Å². The summed E-state index contributed by atoms with van der Waals surface area (Å²) in [5.74, 6) is 0.0150. The van der Waals surface area contributed by atoms with Crippen molar-refractivity contribution in [1.29, 1.82) is 0 Å². The molecule has 0 aliphatic heterocycles. The van der Waals surface area contributed by atoms with Crippen LogP contribution in [-0.2, 0) is 0 Å². The summed E-state index contributed by atoms with van der Waals surface area (Å²) in [6, 6.07) is 9.78. The van der Waals surface area contributed by atoms with Crippen molar-refractivity contribution in [2.24, 2.45) is 0 Å². The number of aliphatic hydroxyl groups is 1. The summed E-state index contributed by atoms with van der Waals surface area (Å²) in [4.78, 5) is 0. The van der Waals surface area contributed by atoms with Crippen LogP contribution in [0.15, 0.2) is 30.3 Å². The molecule has 1 N–H and O–H groups in total. The Kier molecular flexibility index (Phi) is 2.46. The van der Waals surface area contributed by atoms with Crippen molar-refractivity contribution >= 4 is 0 Å². The third kappa shape index (κ3) is 1.58. The summed E-state index contributed by atoms with van der Waals surface area (Å²) in [6.07, 6.45) is 0. The summed E-state index contributed by atoms with van der Waals surface area (Å²) in [5, 5.41) is 8.73. The molecule has 0 amide bonds. The van der Waals surface area contributed by atoms with Gasteiger partial charge in [-0.1, -0.05) is 30.3 Å². The first-order valence-corrected chi connectivity index (χ1v) is 3.33. The van der Waals surface area contributed by atoms with E-state index >= 15 is 0 Å². The zero-order chi connectivity index (χ0) is 7.40. The van der Waals surface area contributed by atoms with Crippen molar-refractivity contribution in [2.45, 2.75) is 5.92 Å². The van der Waals surface area contributed by atoms with Crippen LogP contribution in [0.25, 0.3) is 0 Å². The third-order valence-electron chi connectivity index (χ3n) is 1.49. The number of aliphatic hydroxyl groups excluding tert-OH is 1. The zero-order valence-electron chi connectivity index (χ0n) is 5.83. The Bertz CT molecular complexity index is 181. The summed E-state index contributed by atoms with van der Waals surface area (Å²) in [7, 11) is 0. The quantitative estimate of drug-likeness (QED) is 0.653. The smallest absolute Gasteiger partial charge is 0.0499 e. The van der Waals surface area contributed by atoms with E-state index in [1.807, 2.05) is 30.3 Å². The highest BCUT2D eigenvalue weighted by molar-refractivity contribution is 5.20. The predicted octanol–water partition coefficient (Wildman–Crippen LogP) is 1.60. The van der Waals surface area contributed by atoms with Gasteiger partial charge in [0.1, 0.15) is 0 Å². The molecule has 0 fully saturated rings. The maximum absolute atomic E-state index is 8.73. The van der Waals surface area contributed by atoms with E-state index in [-0.39, 0.29) is 12.5 Å². The van der Waals surface area contributed by atoms with Crippen LogP contribution in [0.1, 0.15) is 11.5 Å². The molecule has 1 aromatic rings. The van der Waals surface area contributed by atoms with E-state index in [9.17, 15) is 0 Å². The standard InChI is InChI=1S/C9H11O/c1-8(7-10)9-5-3-2-4-6-9/h2-6,8,10H,1,7H2/t8-/m1/s1. The van der Waals surface area contributed by atoms with E-state index in [0.717, 1.165) is 5.56 Å². The first kappa shape index (κ1) is 7.29. The van der Waals surface area contributed by atoms with Crippen LogP contribution >= 0.6 is 0 Å². The minimum Gasteiger partial charge on any atom is -0.396 e. The lowest BCUT2D eigenvalue weighted by Crippen LogP contribution is -1.97. The lowest BCUT2D eigenvalue weighted by molar-refractivity contribution is 0.282. The molecule has 1 aromatic carbocycles. The fraction of sp³-hybridized carbons (Fsp3) is 0.222. The molecule has 53 valence electrons. The van der Waals surface area contributed by atoms with Gasteiger partial charge in [0.05, 0.1) is 0 Å². The number of hydrogen-bond acceptors (Lipinski definition) is 1. The normalized spacial score (nSPS) is 13.0. The fourth-order valence-corrected chi connectivity index (χ4v) is 0.831. The highest BCUT2D eigenvalue weighted by atomic mass is 16.3. The molecule has 0 spiro atoms. The van der Waals surface area contributed by atoms with Gasteiger partial charge in [0.2, 0.25) is 0 Å². The molecule has 1 radical (unpaired) electrons. The Balaban J connectivity index is 2.75. The van der Waals surface area contributed by atoms with Crippen molar-refractivity contribution < 1.29 is 5.11 Å². The Morgan fingerprint density at radius 1 is 1.30 bits per heavy atom. The van der Waals surface area contributed by atoms with Crippen LogP contribution in [0.2, 0.25) is 0 Å². The topological polar surface area (TPSA) is 20.2 Å². The molecule has 0 bridgehead atoms. The second-order valence-corrected chi connectivity index (χ2v) is 2.29. The van der Waals surface area contributed by atoms with E-state index in [1.54, 1.807) is 0 Å². The average Bonchev–Trinajstić information content (AvgIpc) is 2.05. The summed E-state index contributed by atoms with van der Waals surface area (Å²) in [5.41, 5.74) is 1.09. The molecular weight excluding hydrogens is 124 g/mol. The number of hydrogen-bond donors (Lipinski definition) is 1. The Labute approximate surface area is 61.3 Å². The molecule has 1 atom stereocenters. The minimum absolute atomic E-state index is 0.0150. The van der Waals surface area contributed by atoms with Crippen LogP contribution in [0.5, 0.6) is 0 Å². The SMILES string of the molecule is [CH2][C@H](CO)c1ccccc1. The lowest BCUT2D eigenvalue weighted by atomic mass is 10.0. The van der Waals surface area contributed by atoms with E-state index in [1.165, 1.54) is 0 Å². The Morgan fingerprint density at radius 3 is 2.40 bits per heavy atom. The van der Waals surface area contributed by atoms with Gasteiger partial charge in [-0.3, -0.25) is 0 Å². The van der Waals surface area contributed by atoms with Crippen LogP contribution in [0, 0.1) is 6.92 Å². The van der Waals surface area contributed by atoms with Gasteiger partial charge in [-0.05, 0) is 12.5 Å². The number of benzene rings is 1. The largest absolute Gasteiger partial charge is 0.396 e. The van der Waals surface area contributed by atoms with Gasteiger partial charge in [0, 0.05) is 12.5 Å². The van der Waals surface area contributed by atoms with Crippen molar-refractivity contribution in [3.05, 3.63) is 42.8 Å². The third-order valence-corrected chi connectivity index (χ3v) is 1.49. The van der Waals surface area contributed by atoms with Gasteiger partial charge >= 0.3 is 0 Å². The molecule has 10 heavy (non-hydrogen) atoms. The first-order chi connectivity index (χ1) is 4.84. The van der Waals surface area contributed by atoms with Gasteiger partial charge in [0.25, 0.3) is 0 Å². The molecule has 0 unspecified atom stereocenters. The minimum atomic E-state index is 0.0150. The maximum atomic E-state index is 8.73. The second kappa shape index (κ2) is 3.37. The average molecular weight is 135 g/mol. The molecular formula is C9H11O. The summed E-state index contributed by atoms with van der Waals surface area (Å²) >= 11 is 0. The van der Waals surface area contributed by atoms with Gasteiger partial charge in [-0.15, -0.1) is 0 Å². The molecule has 1 heteroatoms. The highest BCUT2D eigenvalue weighted by Crippen LogP contribution is 2.11. The molecule has 0 heterocycles. The molecule has 0 aromatic heterocycles. The summed E-state index contributed by atoms with van der Waals surface area (Å²) in [6.45, 7) is 3.89. The Hall–Kier alpha value is -0.820. The van der Waals surface area contributed by atoms with Gasteiger partial charge in [0.15, 0.2) is 0 Å². The second-order valence-electron chi connectivity index (χ2n) is 2.29. The summed E-state index contributed by atoms with van der Waals surface area (Å²) < 4.78 is 0. The van der Waals surface area contributed by atoms with E-state index in [0.29, 0.717) is 0 Å². The van der Waals surface area contributed by atoms with Crippen molar-refractivity contribution in [3.63, 3.8) is 0 Å². The zero-order valence-corrected chi connectivity index (χ0v) is 5.83. The molecule has 1 rings (SSSR count). The molecule has 0 aliphatic carbocycles. The van der Waals surface area contributed by atoms with Crippen LogP contribution in [0.4, 0.5) is 0 Å². The lowest BCUT2D eigenvalue weighted by Gasteiger charge is -2.05. The fourth-order valence-electron chi connectivity index (χ4n) is 0.831. The van der Waals surface area contributed by atoms with Crippen LogP contribution in [-0.4, -0.2) is 11.7 Å². The molecule has 0 aliphatic rings. The van der Waals surface area contributed by atoms with Gasteiger partial charge < -0.3 is 5.11 Å². The van der Waals surface area contributed by atoms with E-state index in [4.69, 9.17) is 5.11 Å². The van der Waals surface area contributed by atoms with E-state index < -0.39 is 0 Å².